The topological polar surface area (TPSA) is 102 Å². The number of fused-ring (bicyclic) bond motifs is 1. The van der Waals surface area contributed by atoms with Gasteiger partial charge >= 0.3 is 5.97 Å². The van der Waals surface area contributed by atoms with E-state index in [1.165, 1.54) is 23.5 Å². The molecule has 2 aromatic heterocycles. The van der Waals surface area contributed by atoms with Gasteiger partial charge in [-0.2, -0.15) is 0 Å². The van der Waals surface area contributed by atoms with Gasteiger partial charge in [0.15, 0.2) is 4.96 Å². The predicted molar refractivity (Wildman–Crippen MR) is 117 cm³/mol. The number of ether oxygens (including phenoxy) is 2. The zero-order valence-electron chi connectivity index (χ0n) is 16.8. The fourth-order valence-corrected chi connectivity index (χ4v) is 4.07. The first-order chi connectivity index (χ1) is 15.0. The van der Waals surface area contributed by atoms with E-state index in [0.29, 0.717) is 22.9 Å². The van der Waals surface area contributed by atoms with Crippen LogP contribution in [-0.2, 0) is 11.2 Å². The van der Waals surface area contributed by atoms with E-state index in [0.717, 1.165) is 16.2 Å². The lowest BCUT2D eigenvalue weighted by Crippen LogP contribution is -2.15. The lowest BCUT2D eigenvalue weighted by Gasteiger charge is -2.08. The molecule has 0 radical (unpaired) electrons. The molecule has 0 atom stereocenters. The summed E-state index contributed by atoms with van der Waals surface area (Å²) in [4.78, 5) is 29.1. The monoisotopic (exact) mass is 437 g/mol. The number of imidazole rings is 1. The molecule has 0 saturated carbocycles. The van der Waals surface area contributed by atoms with Gasteiger partial charge in [-0.1, -0.05) is 6.07 Å². The summed E-state index contributed by atoms with van der Waals surface area (Å²) in [5, 5.41) is 13.7. The predicted octanol–water partition coefficient (Wildman–Crippen LogP) is 3.96. The number of thiazole rings is 1. The fraction of sp³-hybridized carbons (Fsp3) is 0.136. The van der Waals surface area contributed by atoms with Crippen molar-refractivity contribution in [3.05, 3.63) is 65.3 Å². The number of anilines is 1. The lowest BCUT2D eigenvalue weighted by atomic mass is 10.1. The number of methoxy groups -OCH3 is 2. The number of nitrogens with one attached hydrogen (secondary N) is 1. The van der Waals surface area contributed by atoms with Gasteiger partial charge in [-0.05, 0) is 36.4 Å². The van der Waals surface area contributed by atoms with Crippen molar-refractivity contribution in [2.45, 2.75) is 6.42 Å². The summed E-state index contributed by atoms with van der Waals surface area (Å²) >= 11 is 1.43. The first-order valence-electron chi connectivity index (χ1n) is 9.29. The number of hydrogen-bond donors (Lipinski definition) is 2. The van der Waals surface area contributed by atoms with Gasteiger partial charge in [0, 0.05) is 28.5 Å². The minimum atomic E-state index is -1.05. The Morgan fingerprint density at radius 1 is 1.16 bits per heavy atom. The smallest absolute Gasteiger partial charge is 0.335 e. The van der Waals surface area contributed by atoms with Crippen LogP contribution in [0.5, 0.6) is 11.5 Å². The number of carbonyl (C=O) groups excluding carboxylic acids is 1. The van der Waals surface area contributed by atoms with Crippen LogP contribution in [0.25, 0.3) is 16.2 Å². The zero-order valence-corrected chi connectivity index (χ0v) is 17.6. The summed E-state index contributed by atoms with van der Waals surface area (Å²) in [6.07, 6.45) is 1.97. The maximum atomic E-state index is 12.5. The largest absolute Gasteiger partial charge is 0.497 e. The highest BCUT2D eigenvalue weighted by molar-refractivity contribution is 7.15. The number of aromatic carboxylic acids is 1. The number of rotatable bonds is 7. The van der Waals surface area contributed by atoms with E-state index < -0.39 is 5.97 Å². The Bertz CT molecular complexity index is 1280. The van der Waals surface area contributed by atoms with Crippen LogP contribution < -0.4 is 14.8 Å². The van der Waals surface area contributed by atoms with Crippen LogP contribution in [-0.4, -0.2) is 40.6 Å². The molecular formula is C22H19N3O5S. The van der Waals surface area contributed by atoms with Crippen molar-refractivity contribution in [3.63, 3.8) is 0 Å². The number of aromatic nitrogens is 2. The Morgan fingerprint density at radius 2 is 2.00 bits per heavy atom. The molecule has 0 unspecified atom stereocenters. The van der Waals surface area contributed by atoms with E-state index >= 15 is 0 Å². The maximum absolute atomic E-state index is 12.5. The molecule has 9 heteroatoms. The number of carboxylic acid groups (broad SMARTS) is 1. The molecule has 0 aliphatic carbocycles. The highest BCUT2D eigenvalue weighted by Gasteiger charge is 2.16. The molecule has 0 saturated heterocycles. The molecular weight excluding hydrogens is 418 g/mol. The van der Waals surface area contributed by atoms with Crippen molar-refractivity contribution in [3.8, 4) is 22.8 Å². The van der Waals surface area contributed by atoms with Crippen LogP contribution in [0, 0.1) is 0 Å². The zero-order chi connectivity index (χ0) is 22.0. The molecule has 0 spiro atoms. The molecule has 31 heavy (non-hydrogen) atoms. The van der Waals surface area contributed by atoms with Gasteiger partial charge in [-0.15, -0.1) is 11.3 Å². The van der Waals surface area contributed by atoms with Gasteiger partial charge in [-0.3, -0.25) is 9.20 Å². The molecule has 4 rings (SSSR count). The van der Waals surface area contributed by atoms with Crippen molar-refractivity contribution in [1.82, 2.24) is 9.38 Å². The van der Waals surface area contributed by atoms with Crippen LogP contribution >= 0.6 is 11.3 Å². The number of carboxylic acids is 1. The molecule has 2 heterocycles. The normalized spacial score (nSPS) is 10.8. The lowest BCUT2D eigenvalue weighted by molar-refractivity contribution is -0.115. The van der Waals surface area contributed by atoms with Crippen molar-refractivity contribution >= 4 is 33.9 Å². The van der Waals surface area contributed by atoms with Crippen LogP contribution in [0.15, 0.2) is 54.0 Å². The fourth-order valence-electron chi connectivity index (χ4n) is 3.20. The molecule has 0 aliphatic heterocycles. The van der Waals surface area contributed by atoms with Crippen LogP contribution in [0.2, 0.25) is 0 Å². The minimum Gasteiger partial charge on any atom is -0.497 e. The van der Waals surface area contributed by atoms with Crippen LogP contribution in [0.1, 0.15) is 16.1 Å². The second-order valence-corrected chi connectivity index (χ2v) is 7.52. The molecule has 158 valence electrons. The van der Waals surface area contributed by atoms with Crippen molar-refractivity contribution in [2.24, 2.45) is 0 Å². The van der Waals surface area contributed by atoms with E-state index in [2.05, 4.69) is 10.3 Å². The van der Waals surface area contributed by atoms with E-state index in [1.807, 2.05) is 34.2 Å². The summed E-state index contributed by atoms with van der Waals surface area (Å²) in [7, 11) is 3.19. The second kappa shape index (κ2) is 8.49. The van der Waals surface area contributed by atoms with Crippen molar-refractivity contribution < 1.29 is 24.2 Å². The Balaban J connectivity index is 1.58. The summed E-state index contributed by atoms with van der Waals surface area (Å²) in [6.45, 7) is 0. The second-order valence-electron chi connectivity index (χ2n) is 6.68. The summed E-state index contributed by atoms with van der Waals surface area (Å²) in [6, 6.07) is 11.6. The number of amides is 1. The average Bonchev–Trinajstić information content (AvgIpc) is 3.35. The van der Waals surface area contributed by atoms with Gasteiger partial charge in [0.1, 0.15) is 11.5 Å². The first-order valence-corrected chi connectivity index (χ1v) is 10.2. The summed E-state index contributed by atoms with van der Waals surface area (Å²) in [5.41, 5.74) is 2.82. The third-order valence-electron chi connectivity index (χ3n) is 4.70. The molecule has 0 fully saturated rings. The Labute approximate surface area is 181 Å². The Hall–Kier alpha value is -3.85. The SMILES string of the molecule is COc1ccc(OC)c(-c2cn3c(CC(=O)Nc4cccc(C(=O)O)c4)csc3n2)c1. The molecule has 0 aliphatic rings. The van der Waals surface area contributed by atoms with E-state index in [1.54, 1.807) is 26.4 Å². The number of nitrogens with zero attached hydrogens (tertiary/aromatic N) is 2. The van der Waals surface area contributed by atoms with Gasteiger partial charge in [0.2, 0.25) is 5.91 Å². The van der Waals surface area contributed by atoms with Crippen molar-refractivity contribution in [2.75, 3.05) is 19.5 Å². The molecule has 2 aromatic carbocycles. The third-order valence-corrected chi connectivity index (χ3v) is 5.59. The number of hydrogen-bond acceptors (Lipinski definition) is 6. The van der Waals surface area contributed by atoms with E-state index in [9.17, 15) is 9.59 Å². The van der Waals surface area contributed by atoms with Gasteiger partial charge in [0.05, 0.1) is 31.9 Å². The highest BCUT2D eigenvalue weighted by Crippen LogP contribution is 2.34. The maximum Gasteiger partial charge on any atom is 0.335 e. The summed E-state index contributed by atoms with van der Waals surface area (Å²) in [5.74, 6) is 0.0607. The van der Waals surface area contributed by atoms with E-state index in [-0.39, 0.29) is 17.9 Å². The highest BCUT2D eigenvalue weighted by atomic mass is 32.1. The Kier molecular flexibility index (Phi) is 5.59. The molecule has 0 bridgehead atoms. The van der Waals surface area contributed by atoms with Crippen molar-refractivity contribution in [1.29, 1.82) is 0 Å². The van der Waals surface area contributed by atoms with Gasteiger partial charge < -0.3 is 19.9 Å². The minimum absolute atomic E-state index is 0.113. The first kappa shape index (κ1) is 20.4. The van der Waals surface area contributed by atoms with Crippen LogP contribution in [0.4, 0.5) is 5.69 Å². The molecule has 1 amide bonds. The standard InChI is InChI=1S/C22H19N3O5S/c1-29-16-6-7-19(30-2)17(10-16)18-11-25-15(12-31-22(25)24-18)9-20(26)23-14-5-3-4-13(8-14)21(27)28/h3-8,10-12H,9H2,1-2H3,(H,23,26)(H,27,28). The van der Waals surface area contributed by atoms with Gasteiger partial charge in [-0.25, -0.2) is 9.78 Å². The third kappa shape index (κ3) is 4.22. The molecule has 2 N–H and O–H groups in total. The Morgan fingerprint density at radius 3 is 2.74 bits per heavy atom. The number of benzene rings is 2. The quantitative estimate of drug-likeness (QED) is 0.454. The van der Waals surface area contributed by atoms with Crippen LogP contribution in [0.3, 0.4) is 0 Å². The summed E-state index contributed by atoms with van der Waals surface area (Å²) < 4.78 is 12.6. The molecule has 8 nitrogen and oxygen atoms in total. The van der Waals surface area contributed by atoms with E-state index in [4.69, 9.17) is 14.6 Å². The number of carbonyl (C=O) groups is 2. The average molecular weight is 437 g/mol. The van der Waals surface area contributed by atoms with Gasteiger partial charge in [0.25, 0.3) is 0 Å². The molecule has 4 aromatic rings.